The van der Waals surface area contributed by atoms with Crippen LogP contribution < -0.4 is 5.32 Å². The van der Waals surface area contributed by atoms with E-state index < -0.39 is 0 Å². The number of morpholine rings is 1. The summed E-state index contributed by atoms with van der Waals surface area (Å²) in [6, 6.07) is 12.0. The highest BCUT2D eigenvalue weighted by atomic mass is 16.5. The highest BCUT2D eigenvalue weighted by molar-refractivity contribution is 6.03. The van der Waals surface area contributed by atoms with E-state index in [9.17, 15) is 9.59 Å². The van der Waals surface area contributed by atoms with Gasteiger partial charge in [0.1, 0.15) is 5.69 Å². The third-order valence-electron chi connectivity index (χ3n) is 3.82. The van der Waals surface area contributed by atoms with Crippen molar-refractivity contribution in [2.75, 3.05) is 25.0 Å². The van der Waals surface area contributed by atoms with Crippen molar-refractivity contribution in [1.82, 2.24) is 9.88 Å². The molecule has 1 saturated heterocycles. The molecule has 0 radical (unpaired) electrons. The Balaban J connectivity index is 1.65. The van der Waals surface area contributed by atoms with Gasteiger partial charge in [-0.25, -0.2) is 0 Å². The number of hydrogen-bond acceptors (Lipinski definition) is 4. The molecule has 6 nitrogen and oxygen atoms in total. The number of benzene rings is 1. The van der Waals surface area contributed by atoms with Crippen LogP contribution in [0.25, 0.3) is 0 Å². The summed E-state index contributed by atoms with van der Waals surface area (Å²) >= 11 is 0. The molecule has 2 amide bonds. The number of carbonyl (C=O) groups excluding carboxylic acids is 2. The average Bonchev–Trinajstić information content (AvgIpc) is 2.62. The molecule has 1 aliphatic rings. The van der Waals surface area contributed by atoms with Crippen LogP contribution in [0.5, 0.6) is 0 Å². The molecule has 2 aromatic rings. The van der Waals surface area contributed by atoms with Crippen molar-refractivity contribution in [2.45, 2.75) is 13.0 Å². The number of hydrogen-bond donors (Lipinski definition) is 1. The van der Waals surface area contributed by atoms with Crippen LogP contribution in [0.2, 0.25) is 0 Å². The number of ether oxygens (including phenoxy) is 1. The summed E-state index contributed by atoms with van der Waals surface area (Å²) in [5.74, 6) is -0.301. The SMILES string of the molecule is CC1CN(C(=O)c2ccc(NC(=O)c3ccccn3)cc2)CCO1. The molecule has 0 aliphatic carbocycles. The molecule has 1 aromatic carbocycles. The number of nitrogens with one attached hydrogen (secondary N) is 1. The Hall–Kier alpha value is -2.73. The van der Waals surface area contributed by atoms with Crippen molar-refractivity contribution in [2.24, 2.45) is 0 Å². The fourth-order valence-electron chi connectivity index (χ4n) is 2.57. The highest BCUT2D eigenvalue weighted by Gasteiger charge is 2.22. The highest BCUT2D eigenvalue weighted by Crippen LogP contribution is 2.14. The normalized spacial score (nSPS) is 17.4. The molecule has 0 bridgehead atoms. The number of rotatable bonds is 3. The molecule has 1 aromatic heterocycles. The summed E-state index contributed by atoms with van der Waals surface area (Å²) in [7, 11) is 0. The standard InChI is InChI=1S/C18H19N3O3/c1-13-12-21(10-11-24-13)18(23)14-5-7-15(8-6-14)20-17(22)16-4-2-3-9-19-16/h2-9,13H,10-12H2,1H3,(H,20,22). The van der Waals surface area contributed by atoms with Crippen LogP contribution >= 0.6 is 0 Å². The van der Waals surface area contributed by atoms with Gasteiger partial charge in [0, 0.05) is 30.5 Å². The van der Waals surface area contributed by atoms with Crippen molar-refractivity contribution in [3.05, 3.63) is 59.9 Å². The zero-order chi connectivity index (χ0) is 16.9. The molecule has 124 valence electrons. The lowest BCUT2D eigenvalue weighted by molar-refractivity contribution is -0.0124. The Kier molecular flexibility index (Phi) is 4.86. The lowest BCUT2D eigenvalue weighted by Gasteiger charge is -2.31. The Morgan fingerprint density at radius 3 is 2.67 bits per heavy atom. The van der Waals surface area contributed by atoms with Crippen LogP contribution in [0.15, 0.2) is 48.7 Å². The van der Waals surface area contributed by atoms with Gasteiger partial charge in [-0.1, -0.05) is 6.07 Å². The van der Waals surface area contributed by atoms with Crippen LogP contribution in [-0.2, 0) is 4.74 Å². The first kappa shape index (κ1) is 16.1. The Bertz CT molecular complexity index is 716. The molecule has 1 unspecified atom stereocenters. The van der Waals surface area contributed by atoms with E-state index >= 15 is 0 Å². The lowest BCUT2D eigenvalue weighted by atomic mass is 10.1. The quantitative estimate of drug-likeness (QED) is 0.939. The molecule has 0 saturated carbocycles. The Labute approximate surface area is 140 Å². The number of anilines is 1. The van der Waals surface area contributed by atoms with Crippen LogP contribution in [0.3, 0.4) is 0 Å². The van der Waals surface area contributed by atoms with E-state index in [-0.39, 0.29) is 17.9 Å². The zero-order valence-electron chi connectivity index (χ0n) is 13.4. The van der Waals surface area contributed by atoms with Gasteiger partial charge in [0.15, 0.2) is 0 Å². The molecular formula is C18H19N3O3. The Morgan fingerprint density at radius 1 is 1.21 bits per heavy atom. The fraction of sp³-hybridized carbons (Fsp3) is 0.278. The first-order valence-corrected chi connectivity index (χ1v) is 7.87. The van der Waals surface area contributed by atoms with Gasteiger partial charge in [0.25, 0.3) is 11.8 Å². The molecule has 1 N–H and O–H groups in total. The van der Waals surface area contributed by atoms with Crippen LogP contribution in [0.4, 0.5) is 5.69 Å². The number of amides is 2. The molecule has 1 atom stereocenters. The smallest absolute Gasteiger partial charge is 0.274 e. The van der Waals surface area contributed by atoms with E-state index in [1.54, 1.807) is 53.6 Å². The Morgan fingerprint density at radius 2 is 2.00 bits per heavy atom. The van der Waals surface area contributed by atoms with Gasteiger partial charge in [0.2, 0.25) is 0 Å². The minimum atomic E-state index is -0.281. The van der Waals surface area contributed by atoms with Gasteiger partial charge in [-0.2, -0.15) is 0 Å². The number of pyridine rings is 1. The second-order valence-corrected chi connectivity index (χ2v) is 5.68. The maximum atomic E-state index is 12.5. The number of nitrogens with zero attached hydrogens (tertiary/aromatic N) is 2. The summed E-state index contributed by atoms with van der Waals surface area (Å²) in [4.78, 5) is 30.3. The van der Waals surface area contributed by atoms with Gasteiger partial charge in [-0.15, -0.1) is 0 Å². The monoisotopic (exact) mass is 325 g/mol. The van der Waals surface area contributed by atoms with E-state index in [1.807, 2.05) is 6.92 Å². The van der Waals surface area contributed by atoms with Crippen LogP contribution in [-0.4, -0.2) is 47.5 Å². The molecule has 24 heavy (non-hydrogen) atoms. The van der Waals surface area contributed by atoms with Gasteiger partial charge < -0.3 is 15.0 Å². The van der Waals surface area contributed by atoms with Crippen LogP contribution in [0, 0.1) is 0 Å². The van der Waals surface area contributed by atoms with Gasteiger partial charge in [-0.05, 0) is 43.3 Å². The average molecular weight is 325 g/mol. The summed E-state index contributed by atoms with van der Waals surface area (Å²) in [6.45, 7) is 3.71. The van der Waals surface area contributed by atoms with E-state index in [1.165, 1.54) is 0 Å². The summed E-state index contributed by atoms with van der Waals surface area (Å²) in [5.41, 5.74) is 1.57. The third-order valence-corrected chi connectivity index (χ3v) is 3.82. The summed E-state index contributed by atoms with van der Waals surface area (Å²) in [5, 5.41) is 2.76. The predicted molar refractivity (Wildman–Crippen MR) is 89.9 cm³/mol. The van der Waals surface area contributed by atoms with E-state index in [4.69, 9.17) is 4.74 Å². The maximum absolute atomic E-state index is 12.5. The van der Waals surface area contributed by atoms with Crippen molar-refractivity contribution >= 4 is 17.5 Å². The summed E-state index contributed by atoms with van der Waals surface area (Å²) < 4.78 is 5.45. The first-order valence-electron chi connectivity index (χ1n) is 7.87. The molecule has 0 spiro atoms. The minimum absolute atomic E-state index is 0.0206. The van der Waals surface area contributed by atoms with Gasteiger partial charge in [-0.3, -0.25) is 14.6 Å². The van der Waals surface area contributed by atoms with E-state index in [0.717, 1.165) is 0 Å². The molecule has 3 rings (SSSR count). The largest absolute Gasteiger partial charge is 0.375 e. The van der Waals surface area contributed by atoms with Gasteiger partial charge in [0.05, 0.1) is 12.7 Å². The van der Waals surface area contributed by atoms with Crippen molar-refractivity contribution in [3.63, 3.8) is 0 Å². The van der Waals surface area contributed by atoms with Gasteiger partial charge >= 0.3 is 0 Å². The molecular weight excluding hydrogens is 306 g/mol. The van der Waals surface area contributed by atoms with Crippen molar-refractivity contribution in [3.8, 4) is 0 Å². The topological polar surface area (TPSA) is 71.5 Å². The molecule has 1 fully saturated rings. The number of carbonyl (C=O) groups is 2. The number of aromatic nitrogens is 1. The second-order valence-electron chi connectivity index (χ2n) is 5.68. The maximum Gasteiger partial charge on any atom is 0.274 e. The summed E-state index contributed by atoms with van der Waals surface area (Å²) in [6.07, 6.45) is 1.62. The second kappa shape index (κ2) is 7.23. The first-order chi connectivity index (χ1) is 11.6. The molecule has 1 aliphatic heterocycles. The lowest BCUT2D eigenvalue weighted by Crippen LogP contribution is -2.44. The van der Waals surface area contributed by atoms with Crippen molar-refractivity contribution in [1.29, 1.82) is 0 Å². The van der Waals surface area contributed by atoms with E-state index in [0.29, 0.717) is 36.6 Å². The fourth-order valence-corrected chi connectivity index (χ4v) is 2.57. The third kappa shape index (κ3) is 3.78. The van der Waals surface area contributed by atoms with Crippen molar-refractivity contribution < 1.29 is 14.3 Å². The predicted octanol–water partition coefficient (Wildman–Crippen LogP) is 2.19. The van der Waals surface area contributed by atoms with Crippen LogP contribution in [0.1, 0.15) is 27.8 Å². The zero-order valence-corrected chi connectivity index (χ0v) is 13.4. The molecule has 6 heteroatoms. The molecule has 2 heterocycles. The van der Waals surface area contributed by atoms with E-state index in [2.05, 4.69) is 10.3 Å². The minimum Gasteiger partial charge on any atom is -0.375 e.